The molecule has 0 aromatic heterocycles. The van der Waals surface area contributed by atoms with Gasteiger partial charge >= 0.3 is 5.97 Å². The summed E-state index contributed by atoms with van der Waals surface area (Å²) in [6.45, 7) is 12.5. The zero-order chi connectivity index (χ0) is 52.1. The standard InChI is InChI=1S/C49H67BrN8O12/c1-10-15-37(60)51-27(7)42(62)54-39(25(3)4)45(65)56-41-28(8)70-49(69)40(26(5)6)55-44(64)34(24-30-18-20-36(59)31(50)22-30)57(9)48(68)35(23-29-16-13-12-14-17-29)58-38(61)21-19-33(47(58)67)53-43(63)32(11-2)52-46(41)66/h11-14,16-18,20,22,25-28,33-35,38-41,59,61H,10,15,19,21,23-24H2,1-9H3,(H,51,60)(H,52,66)(H,53,63)(H,54,62)(H,55,64)(H,56,65)/b32-11-/t27-,28?,33?,34?,35?,38?,39?,40?,41?/m0/s1. The fraction of sp³-hybridized carbons (Fsp3) is 0.531. The first kappa shape index (κ1) is 56.2. The van der Waals surface area contributed by atoms with Gasteiger partial charge in [0.1, 0.15) is 66.1 Å². The molecule has 21 heteroatoms. The quantitative estimate of drug-likeness (QED) is 0.105. The molecule has 0 saturated carbocycles. The number of fused-ring (bicyclic) bond motifs is 2. The van der Waals surface area contributed by atoms with E-state index in [1.807, 2.05) is 0 Å². The van der Waals surface area contributed by atoms with Crippen LogP contribution < -0.4 is 31.9 Å². The second kappa shape index (κ2) is 25.5. The van der Waals surface area contributed by atoms with Crippen LogP contribution in [0.1, 0.15) is 92.2 Å². The molecule has 0 radical (unpaired) electrons. The van der Waals surface area contributed by atoms with E-state index in [-0.39, 0.29) is 49.5 Å². The molecule has 2 bridgehead atoms. The maximum absolute atomic E-state index is 15.0. The number of ether oxygens (including phenoxy) is 1. The van der Waals surface area contributed by atoms with Gasteiger partial charge in [0.2, 0.25) is 35.4 Å². The Morgan fingerprint density at radius 1 is 0.871 bits per heavy atom. The number of benzene rings is 2. The number of piperidine rings is 1. The number of allylic oxidation sites excluding steroid dienone is 1. The van der Waals surface area contributed by atoms with Gasteiger partial charge in [-0.25, -0.2) is 4.79 Å². The van der Waals surface area contributed by atoms with Crippen molar-refractivity contribution < 1.29 is 58.1 Å². The number of hydrogen-bond donors (Lipinski definition) is 8. The zero-order valence-electron chi connectivity index (χ0n) is 41.0. The third kappa shape index (κ3) is 14.6. The summed E-state index contributed by atoms with van der Waals surface area (Å²) in [4.78, 5) is 129. The van der Waals surface area contributed by atoms with Crippen LogP contribution in [0.25, 0.3) is 0 Å². The summed E-state index contributed by atoms with van der Waals surface area (Å²) >= 11 is 3.30. The number of aliphatic hydroxyl groups excluding tert-OH is 1. The Morgan fingerprint density at radius 3 is 2.13 bits per heavy atom. The topological polar surface area (TPSA) is 282 Å². The lowest BCUT2D eigenvalue weighted by Crippen LogP contribution is -2.64. The van der Waals surface area contributed by atoms with E-state index in [2.05, 4.69) is 47.8 Å². The summed E-state index contributed by atoms with van der Waals surface area (Å²) in [5.41, 5.74) is 0.712. The molecule has 8 unspecified atom stereocenters. The second-order valence-corrected chi connectivity index (χ2v) is 19.2. The Bertz CT molecular complexity index is 2290. The number of phenolic OH excluding ortho intramolecular Hbond substituents is 1. The lowest BCUT2D eigenvalue weighted by atomic mass is 9.95. The first-order valence-corrected chi connectivity index (χ1v) is 24.3. The Labute approximate surface area is 416 Å². The normalized spacial score (nSPS) is 24.6. The van der Waals surface area contributed by atoms with Crippen LogP contribution in [-0.4, -0.2) is 135 Å². The summed E-state index contributed by atoms with van der Waals surface area (Å²) in [5.74, 6) is -8.72. The Kier molecular flexibility index (Phi) is 20.5. The predicted molar refractivity (Wildman–Crippen MR) is 259 cm³/mol. The van der Waals surface area contributed by atoms with E-state index < -0.39 is 114 Å². The van der Waals surface area contributed by atoms with Crippen LogP contribution in [0.2, 0.25) is 0 Å². The summed E-state index contributed by atoms with van der Waals surface area (Å²) in [5, 5.41) is 37.3. The largest absolute Gasteiger partial charge is 0.507 e. The molecule has 2 aromatic rings. The van der Waals surface area contributed by atoms with Crippen molar-refractivity contribution in [1.82, 2.24) is 41.7 Å². The van der Waals surface area contributed by atoms with Crippen molar-refractivity contribution in [1.29, 1.82) is 0 Å². The third-order valence-corrected chi connectivity index (χ3v) is 12.8. The summed E-state index contributed by atoms with van der Waals surface area (Å²) in [7, 11) is 1.35. The molecule has 382 valence electrons. The van der Waals surface area contributed by atoms with Gasteiger partial charge in [-0.3, -0.25) is 38.4 Å². The van der Waals surface area contributed by atoms with E-state index >= 15 is 4.79 Å². The first-order valence-electron chi connectivity index (χ1n) is 23.5. The molecular formula is C49H67BrN8O12. The Balaban J connectivity index is 1.83. The number of amides is 8. The van der Waals surface area contributed by atoms with Crippen LogP contribution in [0.5, 0.6) is 5.75 Å². The summed E-state index contributed by atoms with van der Waals surface area (Å²) in [6.07, 6.45) is -1.51. The lowest BCUT2D eigenvalue weighted by Gasteiger charge is -2.43. The number of hydrogen-bond acceptors (Lipinski definition) is 12. The molecule has 70 heavy (non-hydrogen) atoms. The van der Waals surface area contributed by atoms with Gasteiger partial charge in [0, 0.05) is 26.3 Å². The highest BCUT2D eigenvalue weighted by Gasteiger charge is 2.45. The van der Waals surface area contributed by atoms with Crippen molar-refractivity contribution in [2.75, 3.05) is 7.05 Å². The number of phenols is 1. The van der Waals surface area contributed by atoms with Crippen molar-refractivity contribution in [2.24, 2.45) is 11.8 Å². The minimum absolute atomic E-state index is 0.0680. The molecule has 4 rings (SSSR count). The number of aliphatic hydroxyl groups is 1. The second-order valence-electron chi connectivity index (χ2n) is 18.3. The third-order valence-electron chi connectivity index (χ3n) is 12.2. The van der Waals surface area contributed by atoms with E-state index in [1.54, 1.807) is 77.1 Å². The van der Waals surface area contributed by atoms with Gasteiger partial charge in [-0.1, -0.05) is 77.1 Å². The molecule has 8 amide bonds. The number of nitrogens with one attached hydrogen (secondary N) is 6. The van der Waals surface area contributed by atoms with E-state index in [0.717, 1.165) is 9.80 Å². The smallest absolute Gasteiger partial charge is 0.329 e. The van der Waals surface area contributed by atoms with Gasteiger partial charge in [0.25, 0.3) is 11.8 Å². The number of aromatic hydroxyl groups is 1. The molecule has 2 aromatic carbocycles. The molecule has 2 aliphatic rings. The number of rotatable bonds is 13. The summed E-state index contributed by atoms with van der Waals surface area (Å²) in [6, 6.07) is 3.53. The van der Waals surface area contributed by atoms with Crippen molar-refractivity contribution in [2.45, 2.75) is 149 Å². The molecule has 2 saturated heterocycles. The molecule has 20 nitrogen and oxygen atoms in total. The summed E-state index contributed by atoms with van der Waals surface area (Å²) < 4.78 is 6.16. The zero-order valence-corrected chi connectivity index (χ0v) is 42.6. The number of cyclic esters (lactones) is 1. The van der Waals surface area contributed by atoms with Crippen molar-refractivity contribution in [3.63, 3.8) is 0 Å². The minimum Gasteiger partial charge on any atom is -0.507 e. The van der Waals surface area contributed by atoms with Crippen molar-refractivity contribution in [3.8, 4) is 5.75 Å². The van der Waals surface area contributed by atoms with Crippen LogP contribution in [0.3, 0.4) is 0 Å². The van der Waals surface area contributed by atoms with E-state index in [4.69, 9.17) is 4.74 Å². The highest BCUT2D eigenvalue weighted by Crippen LogP contribution is 2.28. The monoisotopic (exact) mass is 1040 g/mol. The molecule has 0 spiro atoms. The highest BCUT2D eigenvalue weighted by molar-refractivity contribution is 9.10. The van der Waals surface area contributed by atoms with E-state index in [1.165, 1.54) is 40.0 Å². The molecular weight excluding hydrogens is 972 g/mol. The van der Waals surface area contributed by atoms with Crippen molar-refractivity contribution >= 4 is 69.2 Å². The van der Waals surface area contributed by atoms with Crippen LogP contribution in [0, 0.1) is 11.8 Å². The van der Waals surface area contributed by atoms with Crippen LogP contribution >= 0.6 is 15.9 Å². The van der Waals surface area contributed by atoms with E-state index in [9.17, 15) is 48.6 Å². The van der Waals surface area contributed by atoms with E-state index in [0.29, 0.717) is 22.0 Å². The maximum atomic E-state index is 15.0. The van der Waals surface area contributed by atoms with Crippen LogP contribution in [0.15, 0.2) is 64.8 Å². The Morgan fingerprint density at radius 2 is 1.53 bits per heavy atom. The molecule has 2 fully saturated rings. The number of esters is 1. The molecule has 2 heterocycles. The fourth-order valence-electron chi connectivity index (χ4n) is 8.07. The number of carbonyl (C=O) groups is 9. The molecule has 0 aliphatic carbocycles. The molecule has 9 atom stereocenters. The SMILES string of the molecule is C/C=C1\NC(=O)C(NC(=O)C(NC(=O)[C@H](C)NC(=O)CCC)C(C)C)C(C)OC(=O)C(C(C)C)NC(=O)C(Cc2ccc(O)c(Br)c2)N(C)C(=O)C(Cc2ccccc2)N2C(=O)C(CCC2O)NC1=O. The van der Waals surface area contributed by atoms with Crippen LogP contribution in [0.4, 0.5) is 0 Å². The maximum Gasteiger partial charge on any atom is 0.329 e. The van der Waals surface area contributed by atoms with Gasteiger partial charge < -0.3 is 56.7 Å². The van der Waals surface area contributed by atoms with Gasteiger partial charge in [0.05, 0.1) is 4.47 Å². The van der Waals surface area contributed by atoms with Crippen LogP contribution in [-0.2, 0) is 60.7 Å². The first-order chi connectivity index (χ1) is 33.0. The number of carbonyl (C=O) groups excluding carboxylic acids is 9. The van der Waals surface area contributed by atoms with Gasteiger partial charge in [0.15, 0.2) is 0 Å². The van der Waals surface area contributed by atoms with Gasteiger partial charge in [-0.2, -0.15) is 0 Å². The average Bonchev–Trinajstić information content (AvgIpc) is 3.30. The predicted octanol–water partition coefficient (Wildman–Crippen LogP) is 1.60. The Hall–Kier alpha value is -6.35. The average molecular weight is 1040 g/mol. The minimum atomic E-state index is -1.75. The molecule has 8 N–H and O–H groups in total. The number of halogens is 1. The highest BCUT2D eigenvalue weighted by atomic mass is 79.9. The van der Waals surface area contributed by atoms with Gasteiger partial charge in [-0.05, 0) is 91.1 Å². The lowest BCUT2D eigenvalue weighted by molar-refractivity contribution is -0.165. The van der Waals surface area contributed by atoms with Gasteiger partial charge in [-0.15, -0.1) is 0 Å². The molecule has 2 aliphatic heterocycles. The van der Waals surface area contributed by atoms with Crippen molar-refractivity contribution in [3.05, 3.63) is 75.9 Å². The fourth-order valence-corrected chi connectivity index (χ4v) is 8.50. The number of likely N-dealkylation sites (N-methyl/N-ethyl adjacent to an activating group) is 1. The number of nitrogens with zero attached hydrogens (tertiary/aromatic N) is 2.